The van der Waals surface area contributed by atoms with E-state index >= 15 is 0 Å². The summed E-state index contributed by atoms with van der Waals surface area (Å²) in [5.74, 6) is 1.96. The molecule has 4 aliphatic carbocycles. The van der Waals surface area contributed by atoms with Gasteiger partial charge < -0.3 is 10.1 Å². The highest BCUT2D eigenvalue weighted by molar-refractivity contribution is 7.13. The smallest absolute Gasteiger partial charge is 0.312 e. The quantitative estimate of drug-likeness (QED) is 0.685. The summed E-state index contributed by atoms with van der Waals surface area (Å²) in [7, 11) is 0. The molecule has 0 aromatic carbocycles. The second-order valence-electron chi connectivity index (χ2n) is 9.42. The third-order valence-electron chi connectivity index (χ3n) is 6.98. The monoisotopic (exact) mass is 425 g/mol. The maximum atomic E-state index is 12.3. The zero-order valence-corrected chi connectivity index (χ0v) is 17.8. The molecule has 1 amide bonds. The van der Waals surface area contributed by atoms with Crippen molar-refractivity contribution in [2.75, 3.05) is 13.2 Å². The molecule has 1 N–H and O–H groups in total. The average Bonchev–Trinajstić information content (AvgIpc) is 3.19. The third kappa shape index (κ3) is 4.26. The Hall–Kier alpha value is -2.28. The molecule has 0 radical (unpaired) electrons. The fourth-order valence-electron chi connectivity index (χ4n) is 6.20. The zero-order chi connectivity index (χ0) is 20.6. The molecule has 0 spiro atoms. The van der Waals surface area contributed by atoms with Crippen LogP contribution in [0.5, 0.6) is 0 Å². The summed E-state index contributed by atoms with van der Waals surface area (Å²) >= 11 is 1.47. The van der Waals surface area contributed by atoms with Gasteiger partial charge in [-0.25, -0.2) is 4.98 Å². The predicted molar refractivity (Wildman–Crippen MR) is 114 cm³/mol. The molecule has 6 nitrogen and oxygen atoms in total. The number of nitrogens with zero attached hydrogens (tertiary/aromatic N) is 2. The predicted octanol–water partition coefficient (Wildman–Crippen LogP) is 3.62. The van der Waals surface area contributed by atoms with Crippen LogP contribution in [0, 0.1) is 23.2 Å². The van der Waals surface area contributed by atoms with E-state index in [0.717, 1.165) is 34.9 Å². The Labute approximate surface area is 180 Å². The number of ether oxygens (including phenoxy) is 1. The Balaban J connectivity index is 1.07. The molecular weight excluding hydrogens is 398 g/mol. The Kier molecular flexibility index (Phi) is 5.31. The molecule has 2 heterocycles. The first-order valence-electron chi connectivity index (χ1n) is 10.8. The van der Waals surface area contributed by atoms with E-state index < -0.39 is 5.97 Å². The van der Waals surface area contributed by atoms with E-state index in [4.69, 9.17) is 4.74 Å². The number of hydrogen-bond acceptors (Lipinski definition) is 6. The molecule has 0 unspecified atom stereocenters. The summed E-state index contributed by atoms with van der Waals surface area (Å²) in [5, 5.41) is 5.71. The van der Waals surface area contributed by atoms with Crippen LogP contribution in [0.3, 0.4) is 0 Å². The maximum Gasteiger partial charge on any atom is 0.312 e. The van der Waals surface area contributed by atoms with Crippen LogP contribution in [0.2, 0.25) is 0 Å². The van der Waals surface area contributed by atoms with Crippen LogP contribution >= 0.6 is 11.3 Å². The van der Waals surface area contributed by atoms with Gasteiger partial charge in [0.1, 0.15) is 5.01 Å². The number of nitrogens with one attached hydrogen (secondary N) is 1. The van der Waals surface area contributed by atoms with Gasteiger partial charge >= 0.3 is 5.97 Å². The second-order valence-corrected chi connectivity index (χ2v) is 10.3. The van der Waals surface area contributed by atoms with Gasteiger partial charge in [-0.05, 0) is 73.8 Å². The Morgan fingerprint density at radius 2 is 1.90 bits per heavy atom. The van der Waals surface area contributed by atoms with Gasteiger partial charge in [-0.1, -0.05) is 0 Å². The van der Waals surface area contributed by atoms with E-state index in [9.17, 15) is 9.59 Å². The lowest BCUT2D eigenvalue weighted by molar-refractivity contribution is -0.148. The first kappa shape index (κ1) is 19.7. The first-order valence-corrected chi connectivity index (χ1v) is 11.7. The highest BCUT2D eigenvalue weighted by atomic mass is 32.1. The average molecular weight is 426 g/mol. The van der Waals surface area contributed by atoms with Gasteiger partial charge in [0.05, 0.1) is 12.1 Å². The number of aromatic nitrogens is 2. The lowest BCUT2D eigenvalue weighted by atomic mass is 9.49. The third-order valence-corrected chi connectivity index (χ3v) is 7.92. The van der Waals surface area contributed by atoms with Gasteiger partial charge in [0.25, 0.3) is 5.91 Å². The van der Waals surface area contributed by atoms with E-state index in [1.807, 2.05) is 17.5 Å². The van der Waals surface area contributed by atoms with Crippen LogP contribution in [0.4, 0.5) is 0 Å². The SMILES string of the molecule is O=C(COC(=O)Cc1csc(-c2cccnc2)n1)NCC12CC3CC(CC(C3)C1)C2. The summed E-state index contributed by atoms with van der Waals surface area (Å²) in [4.78, 5) is 33.0. The summed E-state index contributed by atoms with van der Waals surface area (Å²) in [6, 6.07) is 3.79. The molecule has 2 aromatic heterocycles. The van der Waals surface area contributed by atoms with E-state index in [1.165, 1.54) is 49.9 Å². The van der Waals surface area contributed by atoms with Gasteiger partial charge in [-0.2, -0.15) is 0 Å². The van der Waals surface area contributed by atoms with Crippen LogP contribution < -0.4 is 5.32 Å². The minimum absolute atomic E-state index is 0.0685. The number of thiazole rings is 1. The van der Waals surface area contributed by atoms with Crippen molar-refractivity contribution in [3.63, 3.8) is 0 Å². The molecule has 0 aliphatic heterocycles. The minimum atomic E-state index is -0.428. The van der Waals surface area contributed by atoms with Crippen LogP contribution in [0.25, 0.3) is 10.6 Å². The van der Waals surface area contributed by atoms with Crippen LogP contribution in [-0.2, 0) is 20.7 Å². The lowest BCUT2D eigenvalue weighted by Crippen LogP contribution is -2.51. The number of amides is 1. The number of carbonyl (C=O) groups excluding carboxylic acids is 2. The van der Waals surface area contributed by atoms with Crippen molar-refractivity contribution in [2.45, 2.75) is 44.9 Å². The fraction of sp³-hybridized carbons (Fsp3) is 0.565. The largest absolute Gasteiger partial charge is 0.455 e. The molecule has 158 valence electrons. The van der Waals surface area contributed by atoms with E-state index in [0.29, 0.717) is 5.69 Å². The fourth-order valence-corrected chi connectivity index (χ4v) is 7.01. The van der Waals surface area contributed by atoms with Crippen molar-refractivity contribution in [3.8, 4) is 10.6 Å². The summed E-state index contributed by atoms with van der Waals surface area (Å²) in [5.41, 5.74) is 1.86. The molecule has 7 heteroatoms. The molecule has 4 saturated carbocycles. The molecule has 0 atom stereocenters. The van der Waals surface area contributed by atoms with Crippen LogP contribution in [0.15, 0.2) is 29.9 Å². The van der Waals surface area contributed by atoms with E-state index in [-0.39, 0.29) is 24.3 Å². The molecular formula is C23H27N3O3S. The summed E-state index contributed by atoms with van der Waals surface area (Å²) in [6.07, 6.45) is 11.5. The van der Waals surface area contributed by atoms with Crippen molar-refractivity contribution in [3.05, 3.63) is 35.6 Å². The van der Waals surface area contributed by atoms with Crippen LogP contribution in [-0.4, -0.2) is 35.0 Å². The summed E-state index contributed by atoms with van der Waals surface area (Å²) in [6.45, 7) is 0.512. The molecule has 4 bridgehead atoms. The van der Waals surface area contributed by atoms with Gasteiger partial charge in [-0.15, -0.1) is 11.3 Å². The van der Waals surface area contributed by atoms with E-state index in [1.54, 1.807) is 12.4 Å². The lowest BCUT2D eigenvalue weighted by Gasteiger charge is -2.56. The Bertz CT molecular complexity index is 892. The standard InChI is InChI=1S/C23H27N3O3S/c27-20(25-14-23-8-15-4-16(9-23)6-17(5-15)10-23)12-29-21(28)7-19-13-30-22(26-19)18-2-1-3-24-11-18/h1-3,11,13,15-17H,4-10,12,14H2,(H,25,27). The molecule has 30 heavy (non-hydrogen) atoms. The van der Waals surface area contributed by atoms with Crippen LogP contribution in [0.1, 0.15) is 44.2 Å². The zero-order valence-electron chi connectivity index (χ0n) is 17.0. The maximum absolute atomic E-state index is 12.3. The van der Waals surface area contributed by atoms with Crippen molar-refractivity contribution in [2.24, 2.45) is 23.2 Å². The number of rotatable bonds is 7. The minimum Gasteiger partial charge on any atom is -0.455 e. The van der Waals surface area contributed by atoms with Gasteiger partial charge in [0, 0.05) is 29.9 Å². The highest BCUT2D eigenvalue weighted by Gasteiger charge is 2.50. The van der Waals surface area contributed by atoms with Crippen molar-refractivity contribution < 1.29 is 14.3 Å². The van der Waals surface area contributed by atoms with Gasteiger partial charge in [0.15, 0.2) is 6.61 Å². The van der Waals surface area contributed by atoms with Crippen molar-refractivity contribution in [1.29, 1.82) is 0 Å². The topological polar surface area (TPSA) is 81.2 Å². The Morgan fingerprint density at radius 3 is 2.57 bits per heavy atom. The second kappa shape index (κ2) is 8.10. The number of carbonyl (C=O) groups is 2. The number of esters is 1. The van der Waals surface area contributed by atoms with Gasteiger partial charge in [0.2, 0.25) is 0 Å². The number of pyridine rings is 1. The highest BCUT2D eigenvalue weighted by Crippen LogP contribution is 2.59. The molecule has 0 saturated heterocycles. The molecule has 4 fully saturated rings. The Morgan fingerprint density at radius 1 is 1.17 bits per heavy atom. The summed E-state index contributed by atoms with van der Waals surface area (Å²) < 4.78 is 5.20. The molecule has 2 aromatic rings. The van der Waals surface area contributed by atoms with Crippen molar-refractivity contribution in [1.82, 2.24) is 15.3 Å². The van der Waals surface area contributed by atoms with Crippen molar-refractivity contribution >= 4 is 23.2 Å². The number of hydrogen-bond donors (Lipinski definition) is 1. The normalized spacial score (nSPS) is 29.0. The molecule has 6 rings (SSSR count). The first-order chi connectivity index (χ1) is 14.6. The van der Waals surface area contributed by atoms with Gasteiger partial charge in [-0.3, -0.25) is 14.6 Å². The molecule has 4 aliphatic rings. The van der Waals surface area contributed by atoms with E-state index in [2.05, 4.69) is 15.3 Å².